The second-order valence-electron chi connectivity index (χ2n) is 4.51. The normalized spacial score (nSPS) is 9.50. The number of aromatic nitrogens is 2. The van der Waals surface area contributed by atoms with Crippen molar-refractivity contribution in [1.82, 2.24) is 9.97 Å². The first-order valence-corrected chi connectivity index (χ1v) is 7.71. The van der Waals surface area contributed by atoms with Gasteiger partial charge in [0.2, 0.25) is 5.95 Å². The molecule has 2 rings (SSSR count). The Balaban J connectivity index is 0.00000116. The molecule has 0 saturated heterocycles. The maximum atomic E-state index is 5.14. The van der Waals surface area contributed by atoms with Crippen LogP contribution in [-0.4, -0.2) is 23.6 Å². The van der Waals surface area contributed by atoms with E-state index >= 15 is 0 Å². The molecule has 0 aliphatic rings. The number of methoxy groups -OCH3 is 1. The fraction of sp³-hybridized carbons (Fsp3) is 0.412. The smallest absolute Gasteiger partial charge is 0.224 e. The average Bonchev–Trinajstić information content (AvgIpc) is 2.58. The van der Waals surface area contributed by atoms with Crippen molar-refractivity contribution < 1.29 is 4.74 Å². The highest BCUT2D eigenvalue weighted by atomic mass is 16.5. The highest BCUT2D eigenvalue weighted by Crippen LogP contribution is 2.21. The lowest BCUT2D eigenvalue weighted by Gasteiger charge is -2.11. The third kappa shape index (κ3) is 5.24. The van der Waals surface area contributed by atoms with Gasteiger partial charge in [0.15, 0.2) is 0 Å². The molecule has 5 heteroatoms. The molecule has 22 heavy (non-hydrogen) atoms. The summed E-state index contributed by atoms with van der Waals surface area (Å²) in [5.74, 6) is 2.29. The number of benzene rings is 1. The Morgan fingerprint density at radius 3 is 2.41 bits per heavy atom. The Hall–Kier alpha value is -2.30. The van der Waals surface area contributed by atoms with Gasteiger partial charge in [-0.1, -0.05) is 20.8 Å². The first kappa shape index (κ1) is 17.8. The molecule has 1 aromatic heterocycles. The first-order chi connectivity index (χ1) is 10.7. The second kappa shape index (κ2) is 9.60. The van der Waals surface area contributed by atoms with E-state index in [9.17, 15) is 0 Å². The second-order valence-corrected chi connectivity index (χ2v) is 4.51. The lowest BCUT2D eigenvalue weighted by atomic mass is 10.3. The minimum absolute atomic E-state index is 0.647. The van der Waals surface area contributed by atoms with Crippen molar-refractivity contribution in [3.05, 3.63) is 36.0 Å². The van der Waals surface area contributed by atoms with Gasteiger partial charge in [0.05, 0.1) is 7.11 Å². The minimum Gasteiger partial charge on any atom is -0.497 e. The van der Waals surface area contributed by atoms with Crippen LogP contribution in [0.2, 0.25) is 0 Å². The van der Waals surface area contributed by atoms with Gasteiger partial charge in [-0.2, -0.15) is 4.98 Å². The minimum atomic E-state index is 0.647. The highest BCUT2D eigenvalue weighted by molar-refractivity contribution is 5.60. The summed E-state index contributed by atoms with van der Waals surface area (Å²) in [6.45, 7) is 8.96. The molecule has 1 aromatic carbocycles. The van der Waals surface area contributed by atoms with E-state index in [2.05, 4.69) is 27.5 Å². The monoisotopic (exact) mass is 302 g/mol. The van der Waals surface area contributed by atoms with Crippen LogP contribution in [0.15, 0.2) is 30.5 Å². The van der Waals surface area contributed by atoms with E-state index in [0.717, 1.165) is 35.8 Å². The zero-order valence-electron chi connectivity index (χ0n) is 14.1. The van der Waals surface area contributed by atoms with E-state index in [1.54, 1.807) is 7.11 Å². The number of ether oxygens (including phenoxy) is 1. The van der Waals surface area contributed by atoms with Gasteiger partial charge in [-0.25, -0.2) is 4.98 Å². The molecule has 5 nitrogen and oxygen atoms in total. The standard InChI is InChI=1S/C15H20N4O.C2H6/c1-4-9-16-15-17-10-11(2)14(19-15)18-12-5-7-13(20-3)8-6-12;1-2/h5-8,10H,4,9H2,1-3H3,(H2,16,17,18,19);1-2H3. The van der Waals surface area contributed by atoms with E-state index in [1.807, 2.05) is 51.2 Å². The summed E-state index contributed by atoms with van der Waals surface area (Å²) in [6, 6.07) is 7.74. The molecule has 0 aliphatic heterocycles. The highest BCUT2D eigenvalue weighted by Gasteiger charge is 2.04. The SMILES string of the molecule is CC.CCCNc1ncc(C)c(Nc2ccc(OC)cc2)n1. The van der Waals surface area contributed by atoms with Gasteiger partial charge in [0, 0.05) is 24.0 Å². The van der Waals surface area contributed by atoms with Crippen LogP contribution < -0.4 is 15.4 Å². The predicted molar refractivity (Wildman–Crippen MR) is 93.2 cm³/mol. The van der Waals surface area contributed by atoms with Crippen LogP contribution in [0.4, 0.5) is 17.5 Å². The Labute approximate surface area is 133 Å². The Kier molecular flexibility index (Phi) is 7.75. The van der Waals surface area contributed by atoms with Crippen LogP contribution in [0, 0.1) is 6.92 Å². The third-order valence-corrected chi connectivity index (χ3v) is 2.86. The van der Waals surface area contributed by atoms with Gasteiger partial charge in [-0.15, -0.1) is 0 Å². The lowest BCUT2D eigenvalue weighted by Crippen LogP contribution is -2.06. The van der Waals surface area contributed by atoms with Gasteiger partial charge in [-0.3, -0.25) is 0 Å². The van der Waals surface area contributed by atoms with Crippen molar-refractivity contribution in [2.45, 2.75) is 34.1 Å². The van der Waals surface area contributed by atoms with Crippen molar-refractivity contribution in [3.8, 4) is 5.75 Å². The zero-order chi connectivity index (χ0) is 16.4. The molecule has 0 saturated carbocycles. The molecule has 0 radical (unpaired) electrons. The molecule has 0 spiro atoms. The third-order valence-electron chi connectivity index (χ3n) is 2.86. The van der Waals surface area contributed by atoms with Gasteiger partial charge in [0.25, 0.3) is 0 Å². The van der Waals surface area contributed by atoms with E-state index in [0.29, 0.717) is 5.95 Å². The number of hydrogen-bond acceptors (Lipinski definition) is 5. The van der Waals surface area contributed by atoms with E-state index in [1.165, 1.54) is 0 Å². The fourth-order valence-electron chi connectivity index (χ4n) is 1.70. The molecular formula is C17H26N4O. The Morgan fingerprint density at radius 1 is 1.14 bits per heavy atom. The van der Waals surface area contributed by atoms with Crippen LogP contribution in [0.5, 0.6) is 5.75 Å². The molecule has 0 atom stereocenters. The van der Waals surface area contributed by atoms with E-state index in [-0.39, 0.29) is 0 Å². The summed E-state index contributed by atoms with van der Waals surface area (Å²) in [5, 5.41) is 6.48. The van der Waals surface area contributed by atoms with Crippen LogP contribution >= 0.6 is 0 Å². The summed E-state index contributed by atoms with van der Waals surface area (Å²) in [5.41, 5.74) is 1.97. The maximum Gasteiger partial charge on any atom is 0.224 e. The van der Waals surface area contributed by atoms with Crippen molar-refractivity contribution in [3.63, 3.8) is 0 Å². The van der Waals surface area contributed by atoms with Crippen LogP contribution in [0.3, 0.4) is 0 Å². The van der Waals surface area contributed by atoms with Crippen LogP contribution in [0.25, 0.3) is 0 Å². The number of rotatable bonds is 6. The average molecular weight is 302 g/mol. The van der Waals surface area contributed by atoms with E-state index in [4.69, 9.17) is 4.74 Å². The van der Waals surface area contributed by atoms with Gasteiger partial charge in [0.1, 0.15) is 11.6 Å². The molecule has 1 heterocycles. The van der Waals surface area contributed by atoms with Crippen molar-refractivity contribution >= 4 is 17.5 Å². The summed E-state index contributed by atoms with van der Waals surface area (Å²) >= 11 is 0. The number of anilines is 3. The molecule has 2 aromatic rings. The van der Waals surface area contributed by atoms with Gasteiger partial charge < -0.3 is 15.4 Å². The fourth-order valence-corrected chi connectivity index (χ4v) is 1.70. The molecule has 2 N–H and O–H groups in total. The van der Waals surface area contributed by atoms with Crippen molar-refractivity contribution in [1.29, 1.82) is 0 Å². The molecular weight excluding hydrogens is 276 g/mol. The van der Waals surface area contributed by atoms with E-state index < -0.39 is 0 Å². The molecule has 0 aliphatic carbocycles. The molecule has 0 bridgehead atoms. The lowest BCUT2D eigenvalue weighted by molar-refractivity contribution is 0.415. The van der Waals surface area contributed by atoms with Gasteiger partial charge >= 0.3 is 0 Å². The number of nitrogens with one attached hydrogen (secondary N) is 2. The molecule has 0 fully saturated rings. The van der Waals surface area contributed by atoms with Gasteiger partial charge in [-0.05, 0) is 37.6 Å². The molecule has 0 unspecified atom stereocenters. The Morgan fingerprint density at radius 2 is 1.82 bits per heavy atom. The zero-order valence-corrected chi connectivity index (χ0v) is 14.1. The maximum absolute atomic E-state index is 5.14. The quantitative estimate of drug-likeness (QED) is 0.829. The summed E-state index contributed by atoms with van der Waals surface area (Å²) < 4.78 is 5.14. The summed E-state index contributed by atoms with van der Waals surface area (Å²) in [4.78, 5) is 8.75. The predicted octanol–water partition coefficient (Wildman–Crippen LogP) is 4.39. The number of nitrogens with zero attached hydrogens (tertiary/aromatic N) is 2. The number of hydrogen-bond donors (Lipinski definition) is 2. The Bertz CT molecular complexity index is 555. The van der Waals surface area contributed by atoms with Crippen LogP contribution in [0.1, 0.15) is 32.8 Å². The summed E-state index contributed by atoms with van der Waals surface area (Å²) in [7, 11) is 1.66. The molecule has 120 valence electrons. The first-order valence-electron chi connectivity index (χ1n) is 7.71. The molecule has 0 amide bonds. The summed E-state index contributed by atoms with van der Waals surface area (Å²) in [6.07, 6.45) is 2.86. The largest absolute Gasteiger partial charge is 0.497 e. The van der Waals surface area contributed by atoms with Crippen LogP contribution in [-0.2, 0) is 0 Å². The van der Waals surface area contributed by atoms with Crippen molar-refractivity contribution in [2.75, 3.05) is 24.3 Å². The van der Waals surface area contributed by atoms with Crippen molar-refractivity contribution in [2.24, 2.45) is 0 Å². The number of aryl methyl sites for hydroxylation is 1. The topological polar surface area (TPSA) is 59.1 Å².